The van der Waals surface area contributed by atoms with Crippen LogP contribution in [0.5, 0.6) is 0 Å². The van der Waals surface area contributed by atoms with Crippen LogP contribution < -0.4 is 10.5 Å². The molecule has 3 rings (SSSR count). The minimum Gasteiger partial charge on any atom is -0.368 e. The van der Waals surface area contributed by atoms with Crippen LogP contribution in [-0.2, 0) is 5.41 Å². The lowest BCUT2D eigenvalue weighted by Gasteiger charge is -2.37. The maximum absolute atomic E-state index is 13.0. The first kappa shape index (κ1) is 20.4. The Hall–Kier alpha value is -2.34. The number of carbonyl (C=O) groups is 1. The smallest absolute Gasteiger partial charge is 0.264 e. The van der Waals surface area contributed by atoms with Crippen molar-refractivity contribution in [1.29, 1.82) is 0 Å². The molecule has 0 saturated carbocycles. The molecule has 0 unspecified atom stereocenters. The largest absolute Gasteiger partial charge is 0.368 e. The summed E-state index contributed by atoms with van der Waals surface area (Å²) in [4.78, 5) is 36.8. The summed E-state index contributed by atoms with van der Waals surface area (Å²) in [5.41, 5.74) is 2.21. The van der Waals surface area contributed by atoms with Crippen molar-refractivity contribution in [3.63, 3.8) is 0 Å². The molecule has 1 aliphatic rings. The van der Waals surface area contributed by atoms with Gasteiger partial charge in [0, 0.05) is 42.3 Å². The highest BCUT2D eigenvalue weighted by Gasteiger charge is 2.28. The predicted molar refractivity (Wildman–Crippen MR) is 113 cm³/mol. The van der Waals surface area contributed by atoms with Gasteiger partial charge in [-0.3, -0.25) is 9.59 Å². The predicted octanol–water partition coefficient (Wildman–Crippen LogP) is 3.30. The molecule has 1 N–H and O–H groups in total. The van der Waals surface area contributed by atoms with Crippen molar-refractivity contribution in [2.45, 2.75) is 40.0 Å². The van der Waals surface area contributed by atoms with E-state index in [0.29, 0.717) is 42.7 Å². The molecule has 1 aromatic heterocycles. The number of halogens is 1. The molecule has 1 saturated heterocycles. The van der Waals surface area contributed by atoms with Gasteiger partial charge in [-0.2, -0.15) is 0 Å². The summed E-state index contributed by atoms with van der Waals surface area (Å²) in [6, 6.07) is 5.84. The first-order valence-corrected chi connectivity index (χ1v) is 9.87. The van der Waals surface area contributed by atoms with Crippen molar-refractivity contribution in [3.8, 4) is 0 Å². The molecule has 1 aromatic carbocycles. The zero-order valence-corrected chi connectivity index (χ0v) is 17.9. The number of H-pyrrole nitrogens is 1. The zero-order chi connectivity index (χ0) is 20.6. The Morgan fingerprint density at radius 1 is 1.14 bits per heavy atom. The Morgan fingerprint density at radius 3 is 2.36 bits per heavy atom. The third-order valence-corrected chi connectivity index (χ3v) is 5.34. The van der Waals surface area contributed by atoms with Crippen molar-refractivity contribution in [1.82, 2.24) is 14.9 Å². The van der Waals surface area contributed by atoms with Gasteiger partial charge in [-0.1, -0.05) is 38.4 Å². The lowest BCUT2D eigenvalue weighted by atomic mass is 9.95. The molecule has 28 heavy (non-hydrogen) atoms. The molecule has 2 aromatic rings. The number of hydrogen-bond acceptors (Lipinski definition) is 4. The molecule has 1 amide bonds. The second-order valence-electron chi connectivity index (χ2n) is 8.34. The van der Waals surface area contributed by atoms with Gasteiger partial charge in [0.25, 0.3) is 11.5 Å². The van der Waals surface area contributed by atoms with E-state index < -0.39 is 0 Å². The summed E-state index contributed by atoms with van der Waals surface area (Å²) in [6.07, 6.45) is 0. The van der Waals surface area contributed by atoms with Gasteiger partial charge >= 0.3 is 0 Å². The molecule has 1 fully saturated rings. The molecule has 1 aliphatic heterocycles. The third kappa shape index (κ3) is 4.07. The molecular weight excluding hydrogens is 376 g/mol. The number of amides is 1. The first-order valence-electron chi connectivity index (χ1n) is 9.49. The van der Waals surface area contributed by atoms with E-state index in [4.69, 9.17) is 11.6 Å². The summed E-state index contributed by atoms with van der Waals surface area (Å²) in [6.45, 7) is 12.2. The fourth-order valence-corrected chi connectivity index (χ4v) is 3.59. The summed E-state index contributed by atoms with van der Waals surface area (Å²) < 4.78 is 0. The Bertz CT molecular complexity index is 954. The van der Waals surface area contributed by atoms with E-state index in [0.717, 1.165) is 11.3 Å². The average Bonchev–Trinajstić information content (AvgIpc) is 2.62. The normalized spacial score (nSPS) is 15.1. The highest BCUT2D eigenvalue weighted by atomic mass is 35.5. The Labute approximate surface area is 170 Å². The van der Waals surface area contributed by atoms with E-state index in [1.165, 1.54) is 0 Å². The van der Waals surface area contributed by atoms with E-state index in [1.54, 1.807) is 11.8 Å². The highest BCUT2D eigenvalue weighted by Crippen LogP contribution is 2.25. The topological polar surface area (TPSA) is 69.3 Å². The van der Waals surface area contributed by atoms with Gasteiger partial charge in [0.1, 0.15) is 11.4 Å². The average molecular weight is 403 g/mol. The van der Waals surface area contributed by atoms with Crippen LogP contribution in [0.15, 0.2) is 23.0 Å². The SMILES string of the molecule is Cc1ccc(Cl)cc1N1CCN(C(=O)c2c(C)nc(C(C)(C)C)[nH]c2=O)CC1. The van der Waals surface area contributed by atoms with E-state index in [-0.39, 0.29) is 22.4 Å². The van der Waals surface area contributed by atoms with E-state index in [9.17, 15) is 9.59 Å². The quantitative estimate of drug-likeness (QED) is 0.836. The second-order valence-corrected chi connectivity index (χ2v) is 8.77. The monoisotopic (exact) mass is 402 g/mol. The number of aryl methyl sites for hydroxylation is 2. The second kappa shape index (κ2) is 7.59. The lowest BCUT2D eigenvalue weighted by Crippen LogP contribution is -2.50. The fraction of sp³-hybridized carbons (Fsp3) is 0.476. The van der Waals surface area contributed by atoms with Gasteiger partial charge in [-0.15, -0.1) is 0 Å². The molecule has 7 heteroatoms. The molecule has 0 spiro atoms. The van der Waals surface area contributed by atoms with E-state index >= 15 is 0 Å². The van der Waals surface area contributed by atoms with Crippen LogP contribution in [0.4, 0.5) is 5.69 Å². The van der Waals surface area contributed by atoms with Crippen LogP contribution in [0.3, 0.4) is 0 Å². The summed E-state index contributed by atoms with van der Waals surface area (Å²) in [7, 11) is 0. The van der Waals surface area contributed by atoms with Gasteiger partial charge in [0.05, 0.1) is 5.69 Å². The molecule has 6 nitrogen and oxygen atoms in total. The maximum atomic E-state index is 13.0. The molecule has 0 radical (unpaired) electrons. The Balaban J connectivity index is 1.77. The highest BCUT2D eigenvalue weighted by molar-refractivity contribution is 6.30. The van der Waals surface area contributed by atoms with Crippen molar-refractivity contribution in [2.75, 3.05) is 31.1 Å². The number of carbonyl (C=O) groups excluding carboxylic acids is 1. The molecule has 150 valence electrons. The van der Waals surface area contributed by atoms with E-state index in [1.807, 2.05) is 39.0 Å². The van der Waals surface area contributed by atoms with Crippen LogP contribution >= 0.6 is 11.6 Å². The van der Waals surface area contributed by atoms with Gasteiger partial charge in [-0.05, 0) is 31.5 Å². The van der Waals surface area contributed by atoms with E-state index in [2.05, 4.69) is 21.8 Å². The number of nitrogens with zero attached hydrogens (tertiary/aromatic N) is 3. The maximum Gasteiger partial charge on any atom is 0.264 e. The van der Waals surface area contributed by atoms with Crippen molar-refractivity contribution < 1.29 is 4.79 Å². The molecule has 0 atom stereocenters. The summed E-state index contributed by atoms with van der Waals surface area (Å²) in [5.74, 6) is 0.335. The molecule has 2 heterocycles. The van der Waals surface area contributed by atoms with Gasteiger partial charge in [0.15, 0.2) is 0 Å². The number of rotatable bonds is 2. The Morgan fingerprint density at radius 2 is 1.79 bits per heavy atom. The van der Waals surface area contributed by atoms with Gasteiger partial charge in [0.2, 0.25) is 0 Å². The molecular formula is C21H27ClN4O2. The van der Waals surface area contributed by atoms with Crippen LogP contribution in [-0.4, -0.2) is 47.0 Å². The Kier molecular flexibility index (Phi) is 5.53. The zero-order valence-electron chi connectivity index (χ0n) is 17.1. The number of aromatic amines is 1. The number of anilines is 1. The van der Waals surface area contributed by atoms with Crippen molar-refractivity contribution in [3.05, 3.63) is 56.2 Å². The number of piperazine rings is 1. The number of nitrogens with one attached hydrogen (secondary N) is 1. The fourth-order valence-electron chi connectivity index (χ4n) is 3.42. The first-order chi connectivity index (χ1) is 13.1. The lowest BCUT2D eigenvalue weighted by molar-refractivity contribution is 0.0743. The molecule has 0 aliphatic carbocycles. The van der Waals surface area contributed by atoms with Crippen LogP contribution in [0.1, 0.15) is 48.2 Å². The van der Waals surface area contributed by atoms with Gasteiger partial charge < -0.3 is 14.8 Å². The van der Waals surface area contributed by atoms with Gasteiger partial charge in [-0.25, -0.2) is 4.98 Å². The molecule has 0 bridgehead atoms. The van der Waals surface area contributed by atoms with Crippen molar-refractivity contribution >= 4 is 23.2 Å². The third-order valence-electron chi connectivity index (χ3n) is 5.10. The number of benzene rings is 1. The number of aromatic nitrogens is 2. The number of hydrogen-bond donors (Lipinski definition) is 1. The standard InChI is InChI=1S/C21H27ClN4O2/c1-13-6-7-15(22)12-16(13)25-8-10-26(11-9-25)19(28)17-14(2)23-20(21(3,4)5)24-18(17)27/h6-7,12H,8-11H2,1-5H3,(H,23,24,27). The summed E-state index contributed by atoms with van der Waals surface area (Å²) >= 11 is 6.14. The van der Waals surface area contributed by atoms with Crippen molar-refractivity contribution in [2.24, 2.45) is 0 Å². The minimum atomic E-state index is -0.365. The van der Waals surface area contributed by atoms with Crippen LogP contribution in [0.2, 0.25) is 5.02 Å². The minimum absolute atomic E-state index is 0.139. The summed E-state index contributed by atoms with van der Waals surface area (Å²) in [5, 5.41) is 0.700. The van der Waals surface area contributed by atoms with Crippen LogP contribution in [0, 0.1) is 13.8 Å². The van der Waals surface area contributed by atoms with Crippen LogP contribution in [0.25, 0.3) is 0 Å².